The molecule has 0 radical (unpaired) electrons. The smallest absolute Gasteiger partial charge is 0.270 e. The van der Waals surface area contributed by atoms with Crippen molar-refractivity contribution in [3.05, 3.63) is 29.1 Å². The van der Waals surface area contributed by atoms with E-state index in [1.54, 1.807) is 6.07 Å². The summed E-state index contributed by atoms with van der Waals surface area (Å²) in [7, 11) is 0. The number of aryl methyl sites for hydroxylation is 2. The summed E-state index contributed by atoms with van der Waals surface area (Å²) in [5.74, 6) is -0.151. The number of nitrogens with one attached hydrogen (secondary N) is 1. The number of carbonyl (C=O) groups excluding carboxylic acids is 1. The van der Waals surface area contributed by atoms with E-state index in [0.717, 1.165) is 17.7 Å². The van der Waals surface area contributed by atoms with Gasteiger partial charge in [0.2, 0.25) is 0 Å². The lowest BCUT2D eigenvalue weighted by Gasteiger charge is -2.13. The van der Waals surface area contributed by atoms with Gasteiger partial charge in [-0.2, -0.15) is 0 Å². The highest BCUT2D eigenvalue weighted by atomic mass is 16.2. The van der Waals surface area contributed by atoms with Gasteiger partial charge in [0.1, 0.15) is 5.69 Å². The molecular weight excluding hydrogens is 216 g/mol. The van der Waals surface area contributed by atoms with Crippen LogP contribution in [0.2, 0.25) is 0 Å². The van der Waals surface area contributed by atoms with Crippen LogP contribution in [-0.2, 0) is 0 Å². The molecule has 0 fully saturated rings. The van der Waals surface area contributed by atoms with Crippen LogP contribution >= 0.6 is 0 Å². The Morgan fingerprint density at radius 1 is 1.47 bits per heavy atom. The molecule has 0 bridgehead atoms. The van der Waals surface area contributed by atoms with Crippen LogP contribution < -0.4 is 5.32 Å². The first-order valence-corrected chi connectivity index (χ1v) is 5.90. The summed E-state index contributed by atoms with van der Waals surface area (Å²) in [6.45, 7) is 5.90. The SMILES string of the molecule is Cc1cc(C)nc(C(=O)NC(C)CCCO)c1. The monoisotopic (exact) mass is 236 g/mol. The van der Waals surface area contributed by atoms with Crippen LogP contribution in [0.3, 0.4) is 0 Å². The fourth-order valence-corrected chi connectivity index (χ4v) is 1.73. The molecular formula is C13H20N2O2. The summed E-state index contributed by atoms with van der Waals surface area (Å²) < 4.78 is 0. The maximum Gasteiger partial charge on any atom is 0.270 e. The zero-order valence-corrected chi connectivity index (χ0v) is 10.7. The van der Waals surface area contributed by atoms with Gasteiger partial charge in [0.15, 0.2) is 0 Å². The van der Waals surface area contributed by atoms with Crippen LogP contribution in [0, 0.1) is 13.8 Å². The summed E-state index contributed by atoms with van der Waals surface area (Å²) in [5.41, 5.74) is 2.34. The number of aromatic nitrogens is 1. The number of hydrogen-bond donors (Lipinski definition) is 2. The van der Waals surface area contributed by atoms with Crippen molar-refractivity contribution in [2.75, 3.05) is 6.61 Å². The molecule has 0 aliphatic carbocycles. The van der Waals surface area contributed by atoms with Crippen molar-refractivity contribution in [3.63, 3.8) is 0 Å². The minimum atomic E-state index is -0.151. The van der Waals surface area contributed by atoms with Crippen molar-refractivity contribution in [3.8, 4) is 0 Å². The van der Waals surface area contributed by atoms with Gasteiger partial charge in [-0.1, -0.05) is 0 Å². The molecule has 4 heteroatoms. The Bertz CT molecular complexity index is 371. The summed E-state index contributed by atoms with van der Waals surface area (Å²) in [6.07, 6.45) is 1.47. The minimum absolute atomic E-state index is 0.0530. The second-order valence-corrected chi connectivity index (χ2v) is 4.41. The highest BCUT2D eigenvalue weighted by molar-refractivity contribution is 5.92. The Balaban J connectivity index is 2.63. The molecule has 4 nitrogen and oxygen atoms in total. The number of pyridine rings is 1. The molecule has 0 aliphatic rings. The van der Waals surface area contributed by atoms with E-state index in [1.165, 1.54) is 0 Å². The van der Waals surface area contributed by atoms with Crippen LogP contribution in [-0.4, -0.2) is 28.6 Å². The third kappa shape index (κ3) is 4.53. The van der Waals surface area contributed by atoms with Crippen molar-refractivity contribution >= 4 is 5.91 Å². The Labute approximate surface area is 102 Å². The zero-order valence-electron chi connectivity index (χ0n) is 10.7. The van der Waals surface area contributed by atoms with Gasteiger partial charge in [0, 0.05) is 18.3 Å². The minimum Gasteiger partial charge on any atom is -0.396 e. The maximum atomic E-state index is 11.9. The largest absolute Gasteiger partial charge is 0.396 e. The van der Waals surface area contributed by atoms with Gasteiger partial charge in [-0.15, -0.1) is 0 Å². The Morgan fingerprint density at radius 2 is 2.18 bits per heavy atom. The van der Waals surface area contributed by atoms with E-state index in [4.69, 9.17) is 5.11 Å². The molecule has 0 saturated heterocycles. The van der Waals surface area contributed by atoms with Crippen molar-refractivity contribution in [2.45, 2.75) is 39.7 Å². The lowest BCUT2D eigenvalue weighted by molar-refractivity contribution is 0.0931. The molecule has 0 saturated carbocycles. The lowest BCUT2D eigenvalue weighted by Crippen LogP contribution is -2.33. The predicted octanol–water partition coefficient (Wildman–Crippen LogP) is 1.59. The van der Waals surface area contributed by atoms with Gasteiger partial charge in [0.05, 0.1) is 0 Å². The first kappa shape index (κ1) is 13.6. The number of amides is 1. The number of nitrogens with zero attached hydrogens (tertiary/aromatic N) is 1. The second-order valence-electron chi connectivity index (χ2n) is 4.41. The second kappa shape index (κ2) is 6.35. The van der Waals surface area contributed by atoms with Crippen LogP contribution in [0.25, 0.3) is 0 Å². The van der Waals surface area contributed by atoms with E-state index in [9.17, 15) is 4.79 Å². The quantitative estimate of drug-likeness (QED) is 0.816. The molecule has 1 atom stereocenters. The Kier molecular flexibility index (Phi) is 5.10. The first-order valence-electron chi connectivity index (χ1n) is 5.90. The van der Waals surface area contributed by atoms with Crippen LogP contribution in [0.4, 0.5) is 0 Å². The fraction of sp³-hybridized carbons (Fsp3) is 0.538. The van der Waals surface area contributed by atoms with E-state index in [2.05, 4.69) is 10.3 Å². The number of rotatable bonds is 5. The molecule has 1 aromatic rings. The molecule has 0 aromatic carbocycles. The molecule has 0 aliphatic heterocycles. The van der Waals surface area contributed by atoms with E-state index >= 15 is 0 Å². The third-order valence-electron chi connectivity index (χ3n) is 2.50. The van der Waals surface area contributed by atoms with Crippen LogP contribution in [0.5, 0.6) is 0 Å². The molecule has 0 spiro atoms. The van der Waals surface area contributed by atoms with E-state index in [1.807, 2.05) is 26.8 Å². The Morgan fingerprint density at radius 3 is 2.76 bits per heavy atom. The summed E-state index contributed by atoms with van der Waals surface area (Å²) in [4.78, 5) is 16.1. The number of carbonyl (C=O) groups is 1. The molecule has 1 heterocycles. The van der Waals surface area contributed by atoms with E-state index in [-0.39, 0.29) is 18.6 Å². The molecule has 1 amide bonds. The molecule has 1 unspecified atom stereocenters. The zero-order chi connectivity index (χ0) is 12.8. The summed E-state index contributed by atoms with van der Waals surface area (Å²) in [5, 5.41) is 11.6. The van der Waals surface area contributed by atoms with Crippen LogP contribution in [0.1, 0.15) is 41.5 Å². The van der Waals surface area contributed by atoms with Crippen molar-refractivity contribution in [1.82, 2.24) is 10.3 Å². The number of aliphatic hydroxyl groups excluding tert-OH is 1. The fourth-order valence-electron chi connectivity index (χ4n) is 1.73. The van der Waals surface area contributed by atoms with E-state index < -0.39 is 0 Å². The van der Waals surface area contributed by atoms with Gasteiger partial charge in [-0.05, 0) is 51.3 Å². The molecule has 2 N–H and O–H groups in total. The molecule has 94 valence electrons. The van der Waals surface area contributed by atoms with Crippen molar-refractivity contribution in [1.29, 1.82) is 0 Å². The lowest BCUT2D eigenvalue weighted by atomic mass is 10.1. The van der Waals surface area contributed by atoms with Gasteiger partial charge in [-0.3, -0.25) is 4.79 Å². The topological polar surface area (TPSA) is 62.2 Å². The van der Waals surface area contributed by atoms with Crippen molar-refractivity contribution in [2.24, 2.45) is 0 Å². The molecule has 1 rings (SSSR count). The summed E-state index contributed by atoms with van der Waals surface area (Å²) >= 11 is 0. The molecule has 17 heavy (non-hydrogen) atoms. The maximum absolute atomic E-state index is 11.9. The van der Waals surface area contributed by atoms with Crippen molar-refractivity contribution < 1.29 is 9.90 Å². The highest BCUT2D eigenvalue weighted by Gasteiger charge is 2.11. The average Bonchev–Trinajstić information content (AvgIpc) is 2.25. The molecule has 1 aromatic heterocycles. The predicted molar refractivity (Wildman–Crippen MR) is 67.0 cm³/mol. The average molecular weight is 236 g/mol. The van der Waals surface area contributed by atoms with Gasteiger partial charge < -0.3 is 10.4 Å². The third-order valence-corrected chi connectivity index (χ3v) is 2.50. The number of hydrogen-bond acceptors (Lipinski definition) is 3. The Hall–Kier alpha value is -1.42. The highest BCUT2D eigenvalue weighted by Crippen LogP contribution is 2.05. The first-order chi connectivity index (χ1) is 8.02. The van der Waals surface area contributed by atoms with Gasteiger partial charge in [-0.25, -0.2) is 4.98 Å². The van der Waals surface area contributed by atoms with Gasteiger partial charge >= 0.3 is 0 Å². The summed E-state index contributed by atoms with van der Waals surface area (Å²) in [6, 6.07) is 3.77. The normalized spacial score (nSPS) is 12.2. The number of aliphatic hydroxyl groups is 1. The van der Waals surface area contributed by atoms with E-state index in [0.29, 0.717) is 12.1 Å². The van der Waals surface area contributed by atoms with Crippen LogP contribution in [0.15, 0.2) is 12.1 Å². The van der Waals surface area contributed by atoms with Gasteiger partial charge in [0.25, 0.3) is 5.91 Å². The standard InChI is InChI=1S/C13H20N2O2/c1-9-7-11(3)14-12(8-9)13(17)15-10(2)5-4-6-16/h7-8,10,16H,4-6H2,1-3H3,(H,15,17).